The Kier molecular flexibility index (Phi) is 4.43. The van der Waals surface area contributed by atoms with Crippen LogP contribution in [-0.4, -0.2) is 6.71 Å². The molecule has 132 valence electrons. The second kappa shape index (κ2) is 6.61. The number of benzene rings is 3. The highest BCUT2D eigenvalue weighted by Crippen LogP contribution is 2.33. The Bertz CT molecular complexity index is 939. The van der Waals surface area contributed by atoms with Crippen LogP contribution in [0, 0.1) is 6.92 Å². The summed E-state index contributed by atoms with van der Waals surface area (Å²) in [6, 6.07) is 18.4. The van der Waals surface area contributed by atoms with Crippen LogP contribution in [0.3, 0.4) is 0 Å². The van der Waals surface area contributed by atoms with Gasteiger partial charge >= 0.3 is 0 Å². The van der Waals surface area contributed by atoms with Crippen LogP contribution in [-0.2, 0) is 12.6 Å². The maximum atomic E-state index is 2.36. The number of rotatable bonds is 3. The van der Waals surface area contributed by atoms with E-state index >= 15 is 0 Å². The number of hydrogen-bond donors (Lipinski definition) is 0. The molecular weight excluding hydrogens is 311 g/mol. The molecule has 4 rings (SSSR count). The maximum Gasteiger partial charge on any atom is 0.185 e. The zero-order valence-corrected chi connectivity index (χ0v) is 16.8. The van der Waals surface area contributed by atoms with Crippen molar-refractivity contribution in [3.05, 3.63) is 76.3 Å². The molecule has 0 amide bonds. The Morgan fingerprint density at radius 2 is 1.42 bits per heavy atom. The zero-order valence-electron chi connectivity index (χ0n) is 16.8. The second-order valence-corrected chi connectivity index (χ2v) is 8.64. The summed E-state index contributed by atoms with van der Waals surface area (Å²) >= 11 is 0. The molecule has 0 unspecified atom stereocenters. The first-order chi connectivity index (χ1) is 12.5. The molecule has 0 aromatic heterocycles. The van der Waals surface area contributed by atoms with E-state index in [1.807, 2.05) is 0 Å². The fourth-order valence-corrected chi connectivity index (χ4v) is 4.94. The lowest BCUT2D eigenvalue weighted by Gasteiger charge is -2.30. The van der Waals surface area contributed by atoms with E-state index in [1.165, 1.54) is 28.2 Å². The van der Waals surface area contributed by atoms with Gasteiger partial charge in [-0.2, -0.15) is 0 Å². The molecule has 0 nitrogen and oxygen atoms in total. The molecule has 0 N–H and O–H groups in total. The molecular formula is C25H29B. The van der Waals surface area contributed by atoms with Crippen molar-refractivity contribution >= 4 is 22.9 Å². The fraction of sp³-hybridized carbons (Fsp3) is 0.360. The van der Waals surface area contributed by atoms with Gasteiger partial charge in [-0.3, -0.25) is 0 Å². The SMILES string of the molecule is Cc1ccc2cccc3c2c1CB(c1c(C(C)C)cccc1C(C)C)C3. The summed E-state index contributed by atoms with van der Waals surface area (Å²) in [5, 5.41) is 2.93. The van der Waals surface area contributed by atoms with Gasteiger partial charge in [0.1, 0.15) is 0 Å². The molecule has 3 aromatic rings. The molecule has 0 fully saturated rings. The molecule has 0 radical (unpaired) electrons. The van der Waals surface area contributed by atoms with Crippen LogP contribution in [0.1, 0.15) is 67.3 Å². The van der Waals surface area contributed by atoms with E-state index in [1.54, 1.807) is 22.2 Å². The maximum absolute atomic E-state index is 2.36. The normalized spacial score (nSPS) is 13.9. The van der Waals surface area contributed by atoms with Gasteiger partial charge in [-0.15, -0.1) is 0 Å². The van der Waals surface area contributed by atoms with Crippen LogP contribution < -0.4 is 5.46 Å². The van der Waals surface area contributed by atoms with Crippen molar-refractivity contribution in [2.45, 2.75) is 59.1 Å². The van der Waals surface area contributed by atoms with Gasteiger partial charge < -0.3 is 0 Å². The molecule has 0 aliphatic carbocycles. The average Bonchev–Trinajstić information content (AvgIpc) is 2.63. The molecule has 0 saturated carbocycles. The van der Waals surface area contributed by atoms with Crippen LogP contribution in [0.15, 0.2) is 48.5 Å². The molecule has 0 saturated heterocycles. The summed E-state index contributed by atoms with van der Waals surface area (Å²) in [4.78, 5) is 0. The predicted octanol–water partition coefficient (Wildman–Crippen LogP) is 5.97. The third-order valence-corrected chi connectivity index (χ3v) is 6.22. The van der Waals surface area contributed by atoms with E-state index in [9.17, 15) is 0 Å². The lowest BCUT2D eigenvalue weighted by atomic mass is 9.35. The summed E-state index contributed by atoms with van der Waals surface area (Å²) in [7, 11) is 0. The van der Waals surface area contributed by atoms with E-state index < -0.39 is 0 Å². The van der Waals surface area contributed by atoms with Gasteiger partial charge in [-0.05, 0) is 58.9 Å². The molecule has 1 heteroatoms. The van der Waals surface area contributed by atoms with Crippen molar-refractivity contribution in [3.8, 4) is 0 Å². The number of hydrogen-bond acceptors (Lipinski definition) is 0. The molecule has 0 spiro atoms. The van der Waals surface area contributed by atoms with Crippen molar-refractivity contribution in [1.29, 1.82) is 0 Å². The van der Waals surface area contributed by atoms with Crippen LogP contribution in [0.5, 0.6) is 0 Å². The van der Waals surface area contributed by atoms with Crippen LogP contribution in [0.4, 0.5) is 0 Å². The van der Waals surface area contributed by atoms with Crippen molar-refractivity contribution < 1.29 is 0 Å². The molecule has 0 atom stereocenters. The first kappa shape index (κ1) is 17.4. The van der Waals surface area contributed by atoms with E-state index in [4.69, 9.17) is 0 Å². The highest BCUT2D eigenvalue weighted by atomic mass is 14.2. The molecule has 1 aliphatic rings. The number of aryl methyl sites for hydroxylation is 1. The Morgan fingerprint density at radius 1 is 0.769 bits per heavy atom. The molecule has 1 heterocycles. The molecule has 1 aliphatic heterocycles. The van der Waals surface area contributed by atoms with Gasteiger partial charge in [-0.25, -0.2) is 0 Å². The Hall–Kier alpha value is -2.02. The summed E-state index contributed by atoms with van der Waals surface area (Å²) in [5.41, 5.74) is 9.27. The highest BCUT2D eigenvalue weighted by Gasteiger charge is 2.30. The molecule has 3 aromatic carbocycles. The smallest absolute Gasteiger partial charge is 0.0726 e. The largest absolute Gasteiger partial charge is 0.185 e. The van der Waals surface area contributed by atoms with Crippen LogP contribution in [0.2, 0.25) is 0 Å². The third kappa shape index (κ3) is 2.78. The van der Waals surface area contributed by atoms with Gasteiger partial charge in [0.2, 0.25) is 0 Å². The predicted molar refractivity (Wildman–Crippen MR) is 116 cm³/mol. The van der Waals surface area contributed by atoms with E-state index in [2.05, 4.69) is 83.1 Å². The quantitative estimate of drug-likeness (QED) is 0.515. The van der Waals surface area contributed by atoms with Crippen molar-refractivity contribution in [3.63, 3.8) is 0 Å². The van der Waals surface area contributed by atoms with Crippen LogP contribution in [0.25, 0.3) is 10.8 Å². The minimum Gasteiger partial charge on any atom is -0.0726 e. The minimum absolute atomic E-state index is 0.567. The van der Waals surface area contributed by atoms with Gasteiger partial charge in [0, 0.05) is 0 Å². The van der Waals surface area contributed by atoms with Crippen molar-refractivity contribution in [2.75, 3.05) is 0 Å². The lowest BCUT2D eigenvalue weighted by Crippen LogP contribution is -2.43. The average molecular weight is 340 g/mol. The minimum atomic E-state index is 0.567. The summed E-state index contributed by atoms with van der Waals surface area (Å²) in [6.07, 6.45) is 2.33. The fourth-order valence-electron chi connectivity index (χ4n) is 4.94. The highest BCUT2D eigenvalue weighted by molar-refractivity contribution is 6.74. The second-order valence-electron chi connectivity index (χ2n) is 8.64. The topological polar surface area (TPSA) is 0 Å². The molecule has 26 heavy (non-hydrogen) atoms. The van der Waals surface area contributed by atoms with Gasteiger partial charge in [0.25, 0.3) is 0 Å². The van der Waals surface area contributed by atoms with Crippen molar-refractivity contribution in [1.82, 2.24) is 0 Å². The monoisotopic (exact) mass is 340 g/mol. The zero-order chi connectivity index (χ0) is 18.4. The Balaban J connectivity index is 1.91. The van der Waals surface area contributed by atoms with Gasteiger partial charge in [0.05, 0.1) is 0 Å². The summed E-state index contributed by atoms with van der Waals surface area (Å²) < 4.78 is 0. The van der Waals surface area contributed by atoms with Gasteiger partial charge in [-0.1, -0.05) is 92.8 Å². The third-order valence-electron chi connectivity index (χ3n) is 6.22. The van der Waals surface area contributed by atoms with Crippen LogP contribution >= 0.6 is 0 Å². The van der Waals surface area contributed by atoms with Gasteiger partial charge in [0.15, 0.2) is 6.71 Å². The molecule has 0 bridgehead atoms. The summed E-state index contributed by atoms with van der Waals surface area (Å²) in [6.45, 7) is 12.2. The van der Waals surface area contributed by atoms with Crippen molar-refractivity contribution in [2.24, 2.45) is 0 Å². The standard InChI is InChI=1S/C25H29B/c1-16(2)21-10-7-11-22(17(3)4)25(21)26-14-20-9-6-8-19-13-12-18(5)23(15-26)24(19)20/h6-13,16-17H,14-15H2,1-5H3. The van der Waals surface area contributed by atoms with E-state index in [0.717, 1.165) is 6.32 Å². The van der Waals surface area contributed by atoms with E-state index in [-0.39, 0.29) is 0 Å². The van der Waals surface area contributed by atoms with E-state index in [0.29, 0.717) is 18.5 Å². The Morgan fingerprint density at radius 3 is 2.08 bits per heavy atom. The summed E-state index contributed by atoms with van der Waals surface area (Å²) in [5.74, 6) is 1.13. The lowest BCUT2D eigenvalue weighted by molar-refractivity contribution is 0.843. The first-order valence-electron chi connectivity index (χ1n) is 10.1. The first-order valence-corrected chi connectivity index (χ1v) is 10.1. The Labute approximate surface area is 158 Å².